The fourth-order valence-corrected chi connectivity index (χ4v) is 1.65. The van der Waals surface area contributed by atoms with Crippen molar-refractivity contribution in [1.82, 2.24) is 5.32 Å². The van der Waals surface area contributed by atoms with Gasteiger partial charge in [-0.1, -0.05) is 18.2 Å². The molecule has 0 aliphatic carbocycles. The molecule has 0 bridgehead atoms. The first-order valence-corrected chi connectivity index (χ1v) is 5.75. The molecule has 0 spiro atoms. The van der Waals surface area contributed by atoms with E-state index in [0.717, 1.165) is 6.07 Å². The van der Waals surface area contributed by atoms with Crippen LogP contribution in [0.2, 0.25) is 0 Å². The highest BCUT2D eigenvalue weighted by Crippen LogP contribution is 2.16. The average Bonchev–Trinajstić information content (AvgIpc) is 2.41. The molecule has 2 rings (SSSR count). The Labute approximate surface area is 113 Å². The minimum atomic E-state index is -1.03. The van der Waals surface area contributed by atoms with Gasteiger partial charge in [0.05, 0.1) is 11.3 Å². The first kappa shape index (κ1) is 13.9. The van der Waals surface area contributed by atoms with E-state index in [1.165, 1.54) is 18.2 Å². The average molecular weight is 280 g/mol. The van der Waals surface area contributed by atoms with Crippen molar-refractivity contribution in [3.63, 3.8) is 0 Å². The second kappa shape index (κ2) is 5.64. The van der Waals surface area contributed by atoms with Gasteiger partial charge in [0, 0.05) is 18.2 Å². The summed E-state index contributed by atoms with van der Waals surface area (Å²) in [4.78, 5) is 11.8. The predicted molar refractivity (Wildman–Crippen MR) is 68.3 cm³/mol. The third kappa shape index (κ3) is 2.90. The maximum Gasteiger partial charge on any atom is 0.254 e. The van der Waals surface area contributed by atoms with Gasteiger partial charge in [0.2, 0.25) is 0 Å². The third-order valence-electron chi connectivity index (χ3n) is 2.73. The van der Waals surface area contributed by atoms with E-state index in [1.54, 1.807) is 6.07 Å². The summed E-state index contributed by atoms with van der Waals surface area (Å²) in [6.45, 7) is -0.109. The van der Waals surface area contributed by atoms with Crippen LogP contribution in [0.15, 0.2) is 36.4 Å². The fraction of sp³-hybridized carbons (Fsp3) is 0.0714. The highest BCUT2D eigenvalue weighted by atomic mass is 19.1. The molecule has 6 heteroatoms. The van der Waals surface area contributed by atoms with Crippen molar-refractivity contribution < 1.29 is 18.0 Å². The van der Waals surface area contributed by atoms with Crippen molar-refractivity contribution in [1.29, 1.82) is 0 Å². The number of carbonyl (C=O) groups excluding carboxylic acids is 1. The van der Waals surface area contributed by atoms with Gasteiger partial charge in [0.25, 0.3) is 5.91 Å². The Bertz CT molecular complexity index is 659. The van der Waals surface area contributed by atoms with Gasteiger partial charge >= 0.3 is 0 Å². The van der Waals surface area contributed by atoms with Crippen LogP contribution in [0.3, 0.4) is 0 Å². The van der Waals surface area contributed by atoms with Gasteiger partial charge < -0.3 is 11.1 Å². The fourth-order valence-electron chi connectivity index (χ4n) is 1.65. The van der Waals surface area contributed by atoms with E-state index in [9.17, 15) is 18.0 Å². The lowest BCUT2D eigenvalue weighted by Crippen LogP contribution is -2.24. The highest BCUT2D eigenvalue weighted by molar-refractivity contribution is 5.95. The molecule has 0 fully saturated rings. The van der Waals surface area contributed by atoms with Crippen molar-refractivity contribution in [3.8, 4) is 0 Å². The van der Waals surface area contributed by atoms with E-state index in [2.05, 4.69) is 5.32 Å². The van der Waals surface area contributed by atoms with Crippen LogP contribution in [0.25, 0.3) is 0 Å². The van der Waals surface area contributed by atoms with E-state index in [1.807, 2.05) is 0 Å². The van der Waals surface area contributed by atoms with E-state index >= 15 is 0 Å². The normalized spacial score (nSPS) is 10.3. The largest absolute Gasteiger partial charge is 0.396 e. The van der Waals surface area contributed by atoms with Crippen molar-refractivity contribution in [2.45, 2.75) is 6.54 Å². The summed E-state index contributed by atoms with van der Waals surface area (Å²) < 4.78 is 39.8. The van der Waals surface area contributed by atoms with Crippen molar-refractivity contribution >= 4 is 11.6 Å². The monoisotopic (exact) mass is 280 g/mol. The zero-order chi connectivity index (χ0) is 14.7. The molecule has 0 aliphatic rings. The smallest absolute Gasteiger partial charge is 0.254 e. The molecule has 0 unspecified atom stereocenters. The minimum absolute atomic E-state index is 0.109. The second-order valence-electron chi connectivity index (χ2n) is 4.13. The zero-order valence-corrected chi connectivity index (χ0v) is 10.3. The summed E-state index contributed by atoms with van der Waals surface area (Å²) in [6, 6.07) is 7.31. The van der Waals surface area contributed by atoms with Gasteiger partial charge in [0.1, 0.15) is 17.5 Å². The van der Waals surface area contributed by atoms with Crippen LogP contribution in [0, 0.1) is 17.5 Å². The molecule has 3 nitrogen and oxygen atoms in total. The summed E-state index contributed by atoms with van der Waals surface area (Å²) in [5.41, 5.74) is 4.82. The van der Waals surface area contributed by atoms with Gasteiger partial charge in [-0.25, -0.2) is 13.2 Å². The van der Waals surface area contributed by atoms with E-state index < -0.39 is 23.4 Å². The Balaban J connectivity index is 2.13. The second-order valence-corrected chi connectivity index (χ2v) is 4.13. The molecule has 0 saturated heterocycles. The molecule has 0 heterocycles. The third-order valence-corrected chi connectivity index (χ3v) is 2.73. The van der Waals surface area contributed by atoms with Crippen LogP contribution >= 0.6 is 0 Å². The Morgan fingerprint density at radius 3 is 2.45 bits per heavy atom. The predicted octanol–water partition coefficient (Wildman–Crippen LogP) is 2.62. The molecule has 0 radical (unpaired) electrons. The van der Waals surface area contributed by atoms with Crippen LogP contribution < -0.4 is 11.1 Å². The first-order chi connectivity index (χ1) is 9.49. The van der Waals surface area contributed by atoms with E-state index in [-0.39, 0.29) is 23.4 Å². The maximum atomic E-state index is 13.5. The summed E-state index contributed by atoms with van der Waals surface area (Å²) in [6.07, 6.45) is 0. The lowest BCUT2D eigenvalue weighted by Gasteiger charge is -2.08. The quantitative estimate of drug-likeness (QED) is 0.849. The number of amides is 1. The number of hydrogen-bond acceptors (Lipinski definition) is 2. The SMILES string of the molecule is Nc1cc(C(=O)NCc2ccccc2F)c(F)cc1F. The number of anilines is 1. The summed E-state index contributed by atoms with van der Waals surface area (Å²) in [7, 11) is 0. The number of halogens is 3. The molecule has 3 N–H and O–H groups in total. The minimum Gasteiger partial charge on any atom is -0.396 e. The molecule has 2 aromatic carbocycles. The number of carbonyl (C=O) groups is 1. The molecule has 104 valence electrons. The topological polar surface area (TPSA) is 55.1 Å². The van der Waals surface area contributed by atoms with Gasteiger partial charge in [0.15, 0.2) is 0 Å². The molecular weight excluding hydrogens is 269 g/mol. The van der Waals surface area contributed by atoms with Gasteiger partial charge in [-0.05, 0) is 12.1 Å². The molecule has 0 aliphatic heterocycles. The maximum absolute atomic E-state index is 13.5. The number of rotatable bonds is 3. The van der Waals surface area contributed by atoms with Crippen LogP contribution in [-0.4, -0.2) is 5.91 Å². The number of nitrogens with two attached hydrogens (primary N) is 1. The molecule has 1 amide bonds. The molecule has 2 aromatic rings. The van der Waals surface area contributed by atoms with E-state index in [4.69, 9.17) is 5.73 Å². The standard InChI is InChI=1S/C14H11F3N2O/c15-10-4-2-1-3-8(10)7-19-14(20)9-5-13(18)12(17)6-11(9)16/h1-6H,7,18H2,(H,19,20). The zero-order valence-electron chi connectivity index (χ0n) is 10.3. The first-order valence-electron chi connectivity index (χ1n) is 5.75. The Morgan fingerprint density at radius 1 is 1.05 bits per heavy atom. The van der Waals surface area contributed by atoms with Crippen molar-refractivity contribution in [3.05, 3.63) is 65.0 Å². The Morgan fingerprint density at radius 2 is 1.75 bits per heavy atom. The molecule has 0 atom stereocenters. The number of nitrogens with one attached hydrogen (secondary N) is 1. The van der Waals surface area contributed by atoms with Crippen molar-refractivity contribution in [2.24, 2.45) is 0 Å². The van der Waals surface area contributed by atoms with Gasteiger partial charge in [-0.15, -0.1) is 0 Å². The molecule has 0 saturated carbocycles. The Hall–Kier alpha value is -2.50. The summed E-state index contributed by atoms with van der Waals surface area (Å²) >= 11 is 0. The summed E-state index contributed by atoms with van der Waals surface area (Å²) in [5, 5.41) is 2.35. The lowest BCUT2D eigenvalue weighted by atomic mass is 10.1. The lowest BCUT2D eigenvalue weighted by molar-refractivity contribution is 0.0946. The summed E-state index contributed by atoms with van der Waals surface area (Å²) in [5.74, 6) is -3.24. The number of nitrogen functional groups attached to an aromatic ring is 1. The number of benzene rings is 2. The van der Waals surface area contributed by atoms with Gasteiger partial charge in [-0.2, -0.15) is 0 Å². The molecule has 0 aromatic heterocycles. The molecule has 20 heavy (non-hydrogen) atoms. The van der Waals surface area contributed by atoms with Crippen LogP contribution in [0.4, 0.5) is 18.9 Å². The highest BCUT2D eigenvalue weighted by Gasteiger charge is 2.15. The van der Waals surface area contributed by atoms with Crippen molar-refractivity contribution in [2.75, 3.05) is 5.73 Å². The Kier molecular flexibility index (Phi) is 3.93. The van der Waals surface area contributed by atoms with Crippen LogP contribution in [0.1, 0.15) is 15.9 Å². The van der Waals surface area contributed by atoms with Crippen LogP contribution in [-0.2, 0) is 6.54 Å². The van der Waals surface area contributed by atoms with Gasteiger partial charge in [-0.3, -0.25) is 4.79 Å². The number of hydrogen-bond donors (Lipinski definition) is 2. The van der Waals surface area contributed by atoms with E-state index in [0.29, 0.717) is 6.07 Å². The molecular formula is C14H11F3N2O. The van der Waals surface area contributed by atoms with Crippen LogP contribution in [0.5, 0.6) is 0 Å².